The molecule has 0 aliphatic heterocycles. The Balaban J connectivity index is 2.03. The lowest BCUT2D eigenvalue weighted by Crippen LogP contribution is -2.18. The van der Waals surface area contributed by atoms with E-state index in [0.717, 1.165) is 26.9 Å². The molecule has 2 heterocycles. The fourth-order valence-electron chi connectivity index (χ4n) is 3.20. The van der Waals surface area contributed by atoms with Gasteiger partial charge >= 0.3 is 5.97 Å². The standard InChI is InChI=1S/C21H22N2O3S/c1-6-26-21(25)18-11(2)14(5)27-20(18)23-19(24)17-12(3)15-9-7-8-10-16(15)22-13(17)4/h7-10H,6H2,1-5H3,(H,23,24). The summed E-state index contributed by atoms with van der Waals surface area (Å²) in [7, 11) is 0. The topological polar surface area (TPSA) is 68.3 Å². The van der Waals surface area contributed by atoms with Gasteiger partial charge in [-0.05, 0) is 51.8 Å². The Kier molecular flexibility index (Phi) is 5.28. The Labute approximate surface area is 162 Å². The summed E-state index contributed by atoms with van der Waals surface area (Å²) in [5.74, 6) is -0.685. The van der Waals surface area contributed by atoms with Crippen LogP contribution in [0, 0.1) is 27.7 Å². The summed E-state index contributed by atoms with van der Waals surface area (Å²) >= 11 is 1.38. The first-order chi connectivity index (χ1) is 12.8. The summed E-state index contributed by atoms with van der Waals surface area (Å²) in [6, 6.07) is 7.74. The second-order valence-corrected chi connectivity index (χ2v) is 7.60. The molecule has 27 heavy (non-hydrogen) atoms. The molecule has 0 radical (unpaired) electrons. The van der Waals surface area contributed by atoms with E-state index in [9.17, 15) is 9.59 Å². The third-order valence-corrected chi connectivity index (χ3v) is 5.77. The van der Waals surface area contributed by atoms with Gasteiger partial charge in [0.05, 0.1) is 28.9 Å². The average molecular weight is 382 g/mol. The van der Waals surface area contributed by atoms with Crippen molar-refractivity contribution in [1.29, 1.82) is 0 Å². The highest BCUT2D eigenvalue weighted by atomic mass is 32.1. The number of rotatable bonds is 4. The Bertz CT molecular complexity index is 1050. The van der Waals surface area contributed by atoms with Gasteiger partial charge in [0.25, 0.3) is 5.91 Å². The number of amides is 1. The van der Waals surface area contributed by atoms with Gasteiger partial charge in [0.2, 0.25) is 0 Å². The number of esters is 1. The second kappa shape index (κ2) is 7.48. The van der Waals surface area contributed by atoms with Crippen LogP contribution in [-0.2, 0) is 4.74 Å². The number of para-hydroxylation sites is 1. The van der Waals surface area contributed by atoms with E-state index in [2.05, 4.69) is 10.3 Å². The van der Waals surface area contributed by atoms with Crippen LogP contribution in [-0.4, -0.2) is 23.5 Å². The van der Waals surface area contributed by atoms with Gasteiger partial charge < -0.3 is 10.1 Å². The Morgan fingerprint density at radius 3 is 2.48 bits per heavy atom. The Morgan fingerprint density at radius 2 is 1.78 bits per heavy atom. The molecule has 0 aliphatic carbocycles. The van der Waals surface area contributed by atoms with Gasteiger partial charge in [-0.1, -0.05) is 18.2 Å². The molecule has 1 N–H and O–H groups in total. The van der Waals surface area contributed by atoms with E-state index in [0.29, 0.717) is 21.8 Å². The molecule has 0 saturated carbocycles. The number of nitrogens with zero attached hydrogens (tertiary/aromatic N) is 1. The number of anilines is 1. The van der Waals surface area contributed by atoms with Crippen LogP contribution >= 0.6 is 11.3 Å². The number of fused-ring (bicyclic) bond motifs is 1. The molecule has 0 atom stereocenters. The predicted molar refractivity (Wildman–Crippen MR) is 109 cm³/mol. The van der Waals surface area contributed by atoms with Crippen LogP contribution in [0.1, 0.15) is 49.3 Å². The number of aromatic nitrogens is 1. The molecule has 1 aromatic carbocycles. The number of ether oxygens (including phenoxy) is 1. The predicted octanol–water partition coefficient (Wildman–Crippen LogP) is 4.96. The van der Waals surface area contributed by atoms with E-state index >= 15 is 0 Å². The highest BCUT2D eigenvalue weighted by Crippen LogP contribution is 2.34. The third kappa shape index (κ3) is 3.45. The Morgan fingerprint density at radius 1 is 1.07 bits per heavy atom. The Hall–Kier alpha value is -2.73. The quantitative estimate of drug-likeness (QED) is 0.648. The maximum Gasteiger partial charge on any atom is 0.341 e. The number of thiophene rings is 1. The molecule has 0 fully saturated rings. The van der Waals surface area contributed by atoms with Gasteiger partial charge in [-0.2, -0.15) is 0 Å². The van der Waals surface area contributed by atoms with E-state index < -0.39 is 5.97 Å². The minimum Gasteiger partial charge on any atom is -0.462 e. The fourth-order valence-corrected chi connectivity index (χ4v) is 4.24. The van der Waals surface area contributed by atoms with Crippen molar-refractivity contribution in [3.63, 3.8) is 0 Å². The van der Waals surface area contributed by atoms with Gasteiger partial charge in [0.15, 0.2) is 0 Å². The largest absolute Gasteiger partial charge is 0.462 e. The maximum absolute atomic E-state index is 13.1. The molecule has 2 aromatic heterocycles. The number of hydrogen-bond acceptors (Lipinski definition) is 5. The lowest BCUT2D eigenvalue weighted by Gasteiger charge is -2.13. The van der Waals surface area contributed by atoms with E-state index in [4.69, 9.17) is 4.74 Å². The van der Waals surface area contributed by atoms with Crippen molar-refractivity contribution >= 4 is 39.1 Å². The van der Waals surface area contributed by atoms with Gasteiger partial charge in [0.1, 0.15) is 5.00 Å². The number of carbonyl (C=O) groups is 2. The first-order valence-corrected chi connectivity index (χ1v) is 9.61. The summed E-state index contributed by atoms with van der Waals surface area (Å²) in [5, 5.41) is 4.37. The first kappa shape index (κ1) is 19.0. The van der Waals surface area contributed by atoms with Crippen LogP contribution in [0.3, 0.4) is 0 Å². The molecule has 3 rings (SSSR count). The van der Waals surface area contributed by atoms with E-state index in [1.54, 1.807) is 6.92 Å². The van der Waals surface area contributed by atoms with Crippen LogP contribution in [0.15, 0.2) is 24.3 Å². The van der Waals surface area contributed by atoms with E-state index in [-0.39, 0.29) is 12.5 Å². The summed E-state index contributed by atoms with van der Waals surface area (Å²) in [5.41, 5.74) is 4.19. The van der Waals surface area contributed by atoms with Gasteiger partial charge in [-0.15, -0.1) is 11.3 Å². The number of aryl methyl sites for hydroxylation is 3. The normalized spacial score (nSPS) is 10.9. The molecule has 0 bridgehead atoms. The zero-order chi connectivity index (χ0) is 19.7. The highest BCUT2D eigenvalue weighted by Gasteiger charge is 2.24. The van der Waals surface area contributed by atoms with Crippen LogP contribution in [0.5, 0.6) is 0 Å². The highest BCUT2D eigenvalue weighted by molar-refractivity contribution is 7.16. The van der Waals surface area contributed by atoms with Crippen molar-refractivity contribution in [3.8, 4) is 0 Å². The number of hydrogen-bond donors (Lipinski definition) is 1. The van der Waals surface area contributed by atoms with Crippen molar-refractivity contribution in [2.45, 2.75) is 34.6 Å². The molecule has 0 aliphatic rings. The molecular weight excluding hydrogens is 360 g/mol. The SMILES string of the molecule is CCOC(=O)c1c(NC(=O)c2c(C)nc3ccccc3c2C)sc(C)c1C. The molecule has 0 spiro atoms. The number of nitrogens with one attached hydrogen (secondary N) is 1. The molecule has 140 valence electrons. The first-order valence-electron chi connectivity index (χ1n) is 8.79. The van der Waals surface area contributed by atoms with Crippen molar-refractivity contribution < 1.29 is 14.3 Å². The van der Waals surface area contributed by atoms with Gasteiger partial charge in [-0.3, -0.25) is 9.78 Å². The fraction of sp³-hybridized carbons (Fsp3) is 0.286. The third-order valence-electron chi connectivity index (χ3n) is 4.65. The molecule has 0 unspecified atom stereocenters. The van der Waals surface area contributed by atoms with Crippen molar-refractivity contribution in [3.05, 3.63) is 57.1 Å². The van der Waals surface area contributed by atoms with Crippen LogP contribution < -0.4 is 5.32 Å². The molecule has 6 heteroatoms. The number of benzene rings is 1. The number of pyridine rings is 1. The summed E-state index contributed by atoms with van der Waals surface area (Å²) < 4.78 is 5.16. The van der Waals surface area contributed by atoms with Crippen LogP contribution in [0.4, 0.5) is 5.00 Å². The lowest BCUT2D eigenvalue weighted by molar-refractivity contribution is 0.0527. The maximum atomic E-state index is 13.1. The summed E-state index contributed by atoms with van der Waals surface area (Å²) in [6.45, 7) is 9.58. The second-order valence-electron chi connectivity index (χ2n) is 6.38. The zero-order valence-electron chi connectivity index (χ0n) is 16.1. The monoisotopic (exact) mass is 382 g/mol. The van der Waals surface area contributed by atoms with Gasteiger partial charge in [-0.25, -0.2) is 4.79 Å². The molecule has 3 aromatic rings. The smallest absolute Gasteiger partial charge is 0.341 e. The molecule has 5 nitrogen and oxygen atoms in total. The molecule has 1 amide bonds. The van der Waals surface area contributed by atoms with E-state index in [1.165, 1.54) is 11.3 Å². The van der Waals surface area contributed by atoms with E-state index in [1.807, 2.05) is 52.0 Å². The van der Waals surface area contributed by atoms with Crippen molar-refractivity contribution in [2.75, 3.05) is 11.9 Å². The van der Waals surface area contributed by atoms with Crippen molar-refractivity contribution in [1.82, 2.24) is 4.98 Å². The van der Waals surface area contributed by atoms with Crippen molar-refractivity contribution in [2.24, 2.45) is 0 Å². The molecule has 0 saturated heterocycles. The van der Waals surface area contributed by atoms with Crippen LogP contribution in [0.25, 0.3) is 10.9 Å². The minimum atomic E-state index is -0.417. The summed E-state index contributed by atoms with van der Waals surface area (Å²) in [6.07, 6.45) is 0. The number of carbonyl (C=O) groups excluding carboxylic acids is 2. The zero-order valence-corrected chi connectivity index (χ0v) is 16.9. The molecular formula is C21H22N2O3S. The summed E-state index contributed by atoms with van der Waals surface area (Å²) in [4.78, 5) is 30.9. The van der Waals surface area contributed by atoms with Gasteiger partial charge in [0, 0.05) is 10.3 Å². The van der Waals surface area contributed by atoms with Crippen LogP contribution in [0.2, 0.25) is 0 Å². The average Bonchev–Trinajstić information content (AvgIpc) is 2.89. The lowest BCUT2D eigenvalue weighted by atomic mass is 10.0. The minimum absolute atomic E-state index is 0.268.